The highest BCUT2D eigenvalue weighted by atomic mass is 16.5. The summed E-state index contributed by atoms with van der Waals surface area (Å²) >= 11 is 0. The molecule has 0 atom stereocenters. The SMILES string of the molecule is Cc1ccc(-n2cc(-c3ccccc3)nc2NC(=O)CN(CCN2CCOCC2)C(=O)c2ccccc2C)cc1. The molecule has 8 nitrogen and oxygen atoms in total. The lowest BCUT2D eigenvalue weighted by atomic mass is 10.1. The first-order valence-corrected chi connectivity index (χ1v) is 13.6. The van der Waals surface area contributed by atoms with Gasteiger partial charge in [0, 0.05) is 49.2 Å². The lowest BCUT2D eigenvalue weighted by Gasteiger charge is -2.30. The predicted octanol–water partition coefficient (Wildman–Crippen LogP) is 4.57. The van der Waals surface area contributed by atoms with Crippen molar-refractivity contribution < 1.29 is 14.3 Å². The van der Waals surface area contributed by atoms with Crippen LogP contribution in [0.15, 0.2) is 85.1 Å². The highest BCUT2D eigenvalue weighted by molar-refractivity contribution is 6.00. The van der Waals surface area contributed by atoms with Gasteiger partial charge >= 0.3 is 0 Å². The van der Waals surface area contributed by atoms with Crippen molar-refractivity contribution in [1.29, 1.82) is 0 Å². The van der Waals surface area contributed by atoms with Crippen LogP contribution in [0.1, 0.15) is 21.5 Å². The molecule has 5 rings (SSSR count). The van der Waals surface area contributed by atoms with Crippen molar-refractivity contribution in [2.75, 3.05) is 51.3 Å². The van der Waals surface area contributed by atoms with Crippen molar-refractivity contribution in [3.8, 4) is 16.9 Å². The van der Waals surface area contributed by atoms with E-state index in [1.807, 2.05) is 103 Å². The maximum absolute atomic E-state index is 13.6. The van der Waals surface area contributed by atoms with Gasteiger partial charge in [0.05, 0.1) is 18.9 Å². The third-order valence-corrected chi connectivity index (χ3v) is 7.13. The summed E-state index contributed by atoms with van der Waals surface area (Å²) in [6.07, 6.45) is 1.92. The molecule has 1 fully saturated rings. The van der Waals surface area contributed by atoms with Crippen molar-refractivity contribution in [2.24, 2.45) is 0 Å². The molecule has 0 saturated carbocycles. The van der Waals surface area contributed by atoms with E-state index in [1.54, 1.807) is 4.90 Å². The van der Waals surface area contributed by atoms with Crippen LogP contribution in [-0.4, -0.2) is 77.1 Å². The minimum atomic E-state index is -0.303. The molecule has 8 heteroatoms. The number of carbonyl (C=O) groups excluding carboxylic acids is 2. The number of morpholine rings is 1. The van der Waals surface area contributed by atoms with Crippen molar-refractivity contribution in [3.05, 3.63) is 102 Å². The zero-order chi connectivity index (χ0) is 27.9. The van der Waals surface area contributed by atoms with Crippen LogP contribution in [0.4, 0.5) is 5.95 Å². The van der Waals surface area contributed by atoms with E-state index in [0.29, 0.717) is 37.8 Å². The summed E-state index contributed by atoms with van der Waals surface area (Å²) in [6.45, 7) is 7.95. The number of benzene rings is 3. The van der Waals surface area contributed by atoms with Gasteiger partial charge in [-0.05, 0) is 37.6 Å². The van der Waals surface area contributed by atoms with Crippen LogP contribution in [0.3, 0.4) is 0 Å². The van der Waals surface area contributed by atoms with Crippen LogP contribution >= 0.6 is 0 Å². The molecule has 0 aliphatic carbocycles. The number of hydrogen-bond donors (Lipinski definition) is 1. The second-order valence-corrected chi connectivity index (χ2v) is 10.1. The maximum atomic E-state index is 13.6. The molecule has 1 aliphatic rings. The normalized spacial score (nSPS) is 13.7. The average Bonchev–Trinajstić information content (AvgIpc) is 3.40. The fourth-order valence-corrected chi connectivity index (χ4v) is 4.78. The van der Waals surface area contributed by atoms with Gasteiger partial charge in [0.1, 0.15) is 6.54 Å². The molecule has 0 radical (unpaired) electrons. The van der Waals surface area contributed by atoms with Crippen LogP contribution in [-0.2, 0) is 9.53 Å². The molecule has 40 heavy (non-hydrogen) atoms. The molecule has 1 aromatic heterocycles. The van der Waals surface area contributed by atoms with Crippen molar-refractivity contribution in [2.45, 2.75) is 13.8 Å². The number of imidazole rings is 1. The third-order valence-electron chi connectivity index (χ3n) is 7.13. The van der Waals surface area contributed by atoms with E-state index in [2.05, 4.69) is 10.2 Å². The number of anilines is 1. The van der Waals surface area contributed by atoms with Gasteiger partial charge in [-0.1, -0.05) is 66.2 Å². The Morgan fingerprint density at radius 1 is 0.925 bits per heavy atom. The van der Waals surface area contributed by atoms with E-state index in [-0.39, 0.29) is 18.4 Å². The molecule has 1 aliphatic heterocycles. The molecule has 1 saturated heterocycles. The molecule has 1 N–H and O–H groups in total. The number of carbonyl (C=O) groups is 2. The molecule has 0 spiro atoms. The Morgan fingerprint density at radius 3 is 2.35 bits per heavy atom. The number of nitrogens with zero attached hydrogens (tertiary/aromatic N) is 4. The summed E-state index contributed by atoms with van der Waals surface area (Å²) in [5.74, 6) is -0.0555. The van der Waals surface area contributed by atoms with Crippen molar-refractivity contribution in [1.82, 2.24) is 19.4 Å². The number of hydrogen-bond acceptors (Lipinski definition) is 5. The van der Waals surface area contributed by atoms with Crippen LogP contribution in [0.2, 0.25) is 0 Å². The molecule has 2 heterocycles. The van der Waals surface area contributed by atoms with Gasteiger partial charge in [-0.2, -0.15) is 0 Å². The Kier molecular flexibility index (Phi) is 8.68. The lowest BCUT2D eigenvalue weighted by molar-refractivity contribution is -0.117. The first-order chi connectivity index (χ1) is 19.5. The summed E-state index contributed by atoms with van der Waals surface area (Å²) in [7, 11) is 0. The Morgan fingerprint density at radius 2 is 1.62 bits per heavy atom. The lowest BCUT2D eigenvalue weighted by Crippen LogP contribution is -2.45. The molecule has 4 aromatic rings. The number of aromatic nitrogens is 2. The van der Waals surface area contributed by atoms with E-state index in [4.69, 9.17) is 9.72 Å². The molecule has 0 bridgehead atoms. The molecule has 3 aromatic carbocycles. The zero-order valence-corrected chi connectivity index (χ0v) is 23.0. The highest BCUT2D eigenvalue weighted by Gasteiger charge is 2.23. The summed E-state index contributed by atoms with van der Waals surface area (Å²) in [4.78, 5) is 35.8. The fourth-order valence-electron chi connectivity index (χ4n) is 4.78. The van der Waals surface area contributed by atoms with Crippen LogP contribution in [0.5, 0.6) is 0 Å². The first kappa shape index (κ1) is 27.3. The molecule has 2 amide bonds. The minimum Gasteiger partial charge on any atom is -0.379 e. The van der Waals surface area contributed by atoms with Gasteiger partial charge in [0.15, 0.2) is 0 Å². The summed E-state index contributed by atoms with van der Waals surface area (Å²) in [5, 5.41) is 2.99. The van der Waals surface area contributed by atoms with Gasteiger partial charge in [0.2, 0.25) is 11.9 Å². The standard InChI is InChI=1S/C32H35N5O3/c1-24-12-14-27(15-13-24)37-22-29(26-9-4-3-5-10-26)33-32(37)34-30(38)23-36(17-16-35-18-20-40-21-19-35)31(39)28-11-7-6-8-25(28)2/h3-15,22H,16-21,23H2,1-2H3,(H,33,34,38). The molecular weight excluding hydrogens is 502 g/mol. The number of ether oxygens (including phenoxy) is 1. The van der Waals surface area contributed by atoms with Crippen LogP contribution < -0.4 is 5.32 Å². The van der Waals surface area contributed by atoms with Gasteiger partial charge < -0.3 is 9.64 Å². The highest BCUT2D eigenvalue weighted by Crippen LogP contribution is 2.24. The molecule has 0 unspecified atom stereocenters. The van der Waals surface area contributed by atoms with E-state index in [9.17, 15) is 9.59 Å². The minimum absolute atomic E-state index is 0.0844. The second-order valence-electron chi connectivity index (χ2n) is 10.1. The van der Waals surface area contributed by atoms with Crippen LogP contribution in [0.25, 0.3) is 16.9 Å². The second kappa shape index (κ2) is 12.7. The smallest absolute Gasteiger partial charge is 0.254 e. The summed E-state index contributed by atoms with van der Waals surface area (Å²) < 4.78 is 7.34. The summed E-state index contributed by atoms with van der Waals surface area (Å²) in [6, 6.07) is 25.4. The van der Waals surface area contributed by atoms with Gasteiger partial charge in [0.25, 0.3) is 5.91 Å². The van der Waals surface area contributed by atoms with Gasteiger partial charge in [-0.15, -0.1) is 0 Å². The molecule has 206 valence electrons. The fraction of sp³-hybridized carbons (Fsp3) is 0.281. The van der Waals surface area contributed by atoms with E-state index >= 15 is 0 Å². The zero-order valence-electron chi connectivity index (χ0n) is 23.0. The van der Waals surface area contributed by atoms with E-state index in [1.165, 1.54) is 0 Å². The number of amides is 2. The number of rotatable bonds is 9. The largest absolute Gasteiger partial charge is 0.379 e. The van der Waals surface area contributed by atoms with Crippen molar-refractivity contribution >= 4 is 17.8 Å². The topological polar surface area (TPSA) is 79.7 Å². The summed E-state index contributed by atoms with van der Waals surface area (Å²) in [5.41, 5.74) is 5.21. The third kappa shape index (κ3) is 6.65. The Labute approximate surface area is 235 Å². The molecular formula is C32H35N5O3. The monoisotopic (exact) mass is 537 g/mol. The Hall–Kier alpha value is -4.27. The van der Waals surface area contributed by atoms with Crippen LogP contribution in [0, 0.1) is 13.8 Å². The van der Waals surface area contributed by atoms with Crippen molar-refractivity contribution in [3.63, 3.8) is 0 Å². The number of aryl methyl sites for hydroxylation is 2. The average molecular weight is 538 g/mol. The Balaban J connectivity index is 1.39. The van der Waals surface area contributed by atoms with Gasteiger partial charge in [-0.3, -0.25) is 24.4 Å². The maximum Gasteiger partial charge on any atom is 0.254 e. The van der Waals surface area contributed by atoms with Gasteiger partial charge in [-0.25, -0.2) is 4.98 Å². The van der Waals surface area contributed by atoms with E-state index in [0.717, 1.165) is 41.2 Å². The number of nitrogens with one attached hydrogen (secondary N) is 1. The van der Waals surface area contributed by atoms with E-state index < -0.39 is 0 Å². The predicted molar refractivity (Wildman–Crippen MR) is 157 cm³/mol. The quantitative estimate of drug-likeness (QED) is 0.338. The Bertz CT molecular complexity index is 1440. The first-order valence-electron chi connectivity index (χ1n) is 13.6.